The molecule has 0 aliphatic carbocycles. The average Bonchev–Trinajstić information content (AvgIpc) is 2.32. The van der Waals surface area contributed by atoms with E-state index in [0.29, 0.717) is 12.5 Å². The maximum absolute atomic E-state index is 13.2. The number of nitrogens with one attached hydrogen (secondary N) is 2. The van der Waals surface area contributed by atoms with Gasteiger partial charge in [-0.3, -0.25) is 0 Å². The van der Waals surface area contributed by atoms with E-state index in [1.54, 1.807) is 6.07 Å². The minimum atomic E-state index is -0.352. The second kappa shape index (κ2) is 8.46. The summed E-state index contributed by atoms with van der Waals surface area (Å²) in [5.41, 5.74) is 0.923. The summed E-state index contributed by atoms with van der Waals surface area (Å²) in [7, 11) is 0. The van der Waals surface area contributed by atoms with E-state index in [1.165, 1.54) is 6.07 Å². The van der Waals surface area contributed by atoms with Gasteiger partial charge in [-0.2, -0.15) is 0 Å². The van der Waals surface area contributed by atoms with Crippen LogP contribution in [0.4, 0.5) is 4.39 Å². The number of halogens is 2. The molecule has 0 unspecified atom stereocenters. The van der Waals surface area contributed by atoms with Gasteiger partial charge in [-0.25, -0.2) is 4.39 Å². The molecule has 0 heterocycles. The van der Waals surface area contributed by atoms with Crippen LogP contribution < -0.4 is 10.6 Å². The number of hydrogen-bond donors (Lipinski definition) is 2. The lowest BCUT2D eigenvalue weighted by molar-refractivity contribution is 0.530. The summed E-state index contributed by atoms with van der Waals surface area (Å²) in [6, 6.07) is 4.92. The van der Waals surface area contributed by atoms with E-state index in [0.717, 1.165) is 31.6 Å². The summed E-state index contributed by atoms with van der Waals surface area (Å²) in [6.45, 7) is 8.07. The molecule has 0 saturated heterocycles. The minimum Gasteiger partial charge on any atom is -0.316 e. The molecule has 2 N–H and O–H groups in total. The van der Waals surface area contributed by atoms with Crippen LogP contribution in [0.3, 0.4) is 0 Å². The SMILES string of the molecule is CC(C)CNCCCNCc1ccc(Cl)c(F)c1. The van der Waals surface area contributed by atoms with Crippen molar-refractivity contribution in [2.45, 2.75) is 26.8 Å². The maximum atomic E-state index is 13.2. The van der Waals surface area contributed by atoms with Crippen molar-refractivity contribution in [1.29, 1.82) is 0 Å². The lowest BCUT2D eigenvalue weighted by Crippen LogP contribution is -2.24. The Morgan fingerprint density at radius 3 is 2.61 bits per heavy atom. The van der Waals surface area contributed by atoms with Crippen molar-refractivity contribution in [2.75, 3.05) is 19.6 Å². The lowest BCUT2D eigenvalue weighted by atomic mass is 10.2. The molecular weight excluding hydrogens is 251 g/mol. The Balaban J connectivity index is 2.09. The first kappa shape index (κ1) is 15.4. The van der Waals surface area contributed by atoms with Crippen LogP contribution in [0.15, 0.2) is 18.2 Å². The van der Waals surface area contributed by atoms with E-state index in [9.17, 15) is 4.39 Å². The van der Waals surface area contributed by atoms with E-state index in [-0.39, 0.29) is 10.8 Å². The molecule has 0 aliphatic heterocycles. The van der Waals surface area contributed by atoms with Gasteiger partial charge in [-0.05, 0) is 49.7 Å². The van der Waals surface area contributed by atoms with Crippen LogP contribution in [0, 0.1) is 11.7 Å². The number of benzene rings is 1. The van der Waals surface area contributed by atoms with Crippen molar-refractivity contribution in [3.8, 4) is 0 Å². The predicted molar refractivity (Wildman–Crippen MR) is 75.4 cm³/mol. The first-order chi connectivity index (χ1) is 8.59. The van der Waals surface area contributed by atoms with Gasteiger partial charge >= 0.3 is 0 Å². The summed E-state index contributed by atoms with van der Waals surface area (Å²) in [5, 5.41) is 6.85. The Morgan fingerprint density at radius 2 is 1.94 bits per heavy atom. The van der Waals surface area contributed by atoms with Crippen molar-refractivity contribution in [3.05, 3.63) is 34.6 Å². The Kier molecular flexibility index (Phi) is 7.25. The topological polar surface area (TPSA) is 24.1 Å². The van der Waals surface area contributed by atoms with Crippen molar-refractivity contribution in [1.82, 2.24) is 10.6 Å². The molecule has 0 radical (unpaired) electrons. The smallest absolute Gasteiger partial charge is 0.142 e. The monoisotopic (exact) mass is 272 g/mol. The molecule has 0 aliphatic rings. The Morgan fingerprint density at radius 1 is 1.22 bits per heavy atom. The highest BCUT2D eigenvalue weighted by molar-refractivity contribution is 6.30. The van der Waals surface area contributed by atoms with Crippen molar-refractivity contribution >= 4 is 11.6 Å². The van der Waals surface area contributed by atoms with E-state index in [4.69, 9.17) is 11.6 Å². The van der Waals surface area contributed by atoms with Crippen LogP contribution in [0.5, 0.6) is 0 Å². The Bertz CT molecular complexity index is 356. The Labute approximate surface area is 114 Å². The standard InChI is InChI=1S/C14H22ClFN2/c1-11(2)9-17-6-3-7-18-10-12-4-5-13(15)14(16)8-12/h4-5,8,11,17-18H,3,6-7,9-10H2,1-2H3. The second-order valence-corrected chi connectivity index (χ2v) is 5.28. The summed E-state index contributed by atoms with van der Waals surface area (Å²) in [4.78, 5) is 0. The van der Waals surface area contributed by atoms with Gasteiger partial charge in [-0.1, -0.05) is 31.5 Å². The van der Waals surface area contributed by atoms with Gasteiger partial charge in [0.15, 0.2) is 0 Å². The zero-order valence-corrected chi connectivity index (χ0v) is 11.9. The third-order valence-corrected chi connectivity index (χ3v) is 2.88. The molecule has 0 fully saturated rings. The van der Waals surface area contributed by atoms with Gasteiger partial charge in [0.05, 0.1) is 5.02 Å². The van der Waals surface area contributed by atoms with Crippen molar-refractivity contribution < 1.29 is 4.39 Å². The van der Waals surface area contributed by atoms with Crippen molar-refractivity contribution in [3.63, 3.8) is 0 Å². The van der Waals surface area contributed by atoms with Crippen LogP contribution in [-0.4, -0.2) is 19.6 Å². The molecule has 2 nitrogen and oxygen atoms in total. The minimum absolute atomic E-state index is 0.177. The van der Waals surface area contributed by atoms with E-state index >= 15 is 0 Å². The van der Waals surface area contributed by atoms with E-state index in [1.807, 2.05) is 6.07 Å². The molecule has 102 valence electrons. The third-order valence-electron chi connectivity index (χ3n) is 2.57. The molecule has 0 saturated carbocycles. The number of rotatable bonds is 8. The summed E-state index contributed by atoms with van der Waals surface area (Å²) in [6.07, 6.45) is 1.07. The van der Waals surface area contributed by atoms with E-state index < -0.39 is 0 Å². The van der Waals surface area contributed by atoms with Gasteiger partial charge in [0.1, 0.15) is 5.82 Å². The van der Waals surface area contributed by atoms with Crippen LogP contribution in [-0.2, 0) is 6.54 Å². The normalized spacial score (nSPS) is 11.2. The van der Waals surface area contributed by atoms with Gasteiger partial charge in [-0.15, -0.1) is 0 Å². The first-order valence-corrected chi connectivity index (χ1v) is 6.82. The summed E-state index contributed by atoms with van der Waals surface area (Å²) in [5.74, 6) is 0.338. The fraction of sp³-hybridized carbons (Fsp3) is 0.571. The summed E-state index contributed by atoms with van der Waals surface area (Å²) < 4.78 is 13.2. The summed E-state index contributed by atoms with van der Waals surface area (Å²) >= 11 is 5.62. The molecular formula is C14H22ClFN2. The van der Waals surface area contributed by atoms with Gasteiger partial charge in [0.2, 0.25) is 0 Å². The van der Waals surface area contributed by atoms with Gasteiger partial charge in [0.25, 0.3) is 0 Å². The second-order valence-electron chi connectivity index (χ2n) is 4.88. The molecule has 0 aromatic heterocycles. The highest BCUT2D eigenvalue weighted by Crippen LogP contribution is 2.15. The fourth-order valence-corrected chi connectivity index (χ4v) is 1.73. The highest BCUT2D eigenvalue weighted by Gasteiger charge is 2.00. The van der Waals surface area contributed by atoms with Crippen LogP contribution >= 0.6 is 11.6 Å². The van der Waals surface area contributed by atoms with Gasteiger partial charge < -0.3 is 10.6 Å². The largest absolute Gasteiger partial charge is 0.316 e. The molecule has 1 aromatic carbocycles. The third kappa shape index (κ3) is 6.34. The van der Waals surface area contributed by atoms with Gasteiger partial charge in [0, 0.05) is 6.54 Å². The molecule has 18 heavy (non-hydrogen) atoms. The fourth-order valence-electron chi connectivity index (χ4n) is 1.61. The molecule has 1 aromatic rings. The van der Waals surface area contributed by atoms with Crippen LogP contribution in [0.2, 0.25) is 5.02 Å². The lowest BCUT2D eigenvalue weighted by Gasteiger charge is -2.08. The Hall–Kier alpha value is -0.640. The molecule has 1 rings (SSSR count). The van der Waals surface area contributed by atoms with Crippen molar-refractivity contribution in [2.24, 2.45) is 5.92 Å². The molecule has 0 spiro atoms. The number of hydrogen-bond acceptors (Lipinski definition) is 2. The zero-order valence-electron chi connectivity index (χ0n) is 11.1. The predicted octanol–water partition coefficient (Wildman–Crippen LogP) is 3.20. The van der Waals surface area contributed by atoms with Crippen LogP contribution in [0.25, 0.3) is 0 Å². The molecule has 0 bridgehead atoms. The molecule has 0 atom stereocenters. The molecule has 0 amide bonds. The van der Waals surface area contributed by atoms with Crippen LogP contribution in [0.1, 0.15) is 25.8 Å². The van der Waals surface area contributed by atoms with E-state index in [2.05, 4.69) is 24.5 Å². The zero-order chi connectivity index (χ0) is 13.4. The molecule has 4 heteroatoms. The quantitative estimate of drug-likeness (QED) is 0.710. The highest BCUT2D eigenvalue weighted by atomic mass is 35.5. The maximum Gasteiger partial charge on any atom is 0.142 e. The average molecular weight is 273 g/mol. The first-order valence-electron chi connectivity index (χ1n) is 6.45.